The topological polar surface area (TPSA) is 74.6 Å². The molecule has 0 heterocycles. The number of rotatable bonds is 4. The van der Waals surface area contributed by atoms with Gasteiger partial charge >= 0.3 is 0 Å². The van der Waals surface area contributed by atoms with Crippen molar-refractivity contribution in [2.45, 2.75) is 45.0 Å². The first kappa shape index (κ1) is 13.7. The largest absolute Gasteiger partial charge is 0.375 e. The normalized spacial score (nSPS) is 24.3. The summed E-state index contributed by atoms with van der Waals surface area (Å²) < 4.78 is 30.0. The SMILES string of the molecule is CC(C)C1CC=C(CC(O)S(=O)(=O)O)CC1. The molecule has 1 aliphatic rings. The maximum absolute atomic E-state index is 10.7. The summed E-state index contributed by atoms with van der Waals surface area (Å²) in [5, 5.41) is 9.23. The van der Waals surface area contributed by atoms with Gasteiger partial charge in [0, 0.05) is 6.42 Å². The molecule has 0 aliphatic heterocycles. The van der Waals surface area contributed by atoms with Crippen LogP contribution >= 0.6 is 0 Å². The molecular weight excluding hydrogens is 228 g/mol. The standard InChI is InChI=1S/C11H20O4S/c1-8(2)10-5-3-9(4-6-10)7-11(12)16(13,14)15/h3,8,10-12H,4-7H2,1-2H3,(H,13,14,15). The van der Waals surface area contributed by atoms with Crippen LogP contribution in [0.15, 0.2) is 11.6 Å². The minimum absolute atomic E-state index is 0.0314. The van der Waals surface area contributed by atoms with Crippen LogP contribution in [0, 0.1) is 11.8 Å². The number of hydrogen-bond donors (Lipinski definition) is 2. The van der Waals surface area contributed by atoms with E-state index in [1.165, 1.54) is 0 Å². The van der Waals surface area contributed by atoms with Gasteiger partial charge in [-0.2, -0.15) is 8.42 Å². The molecule has 0 aromatic carbocycles. The molecule has 94 valence electrons. The molecule has 5 heteroatoms. The van der Waals surface area contributed by atoms with Crippen LogP contribution in [-0.2, 0) is 10.1 Å². The lowest BCUT2D eigenvalue weighted by Gasteiger charge is -2.25. The Kier molecular flexibility index (Phi) is 4.52. The Morgan fingerprint density at radius 3 is 2.50 bits per heavy atom. The van der Waals surface area contributed by atoms with Gasteiger partial charge in [-0.3, -0.25) is 4.55 Å². The molecule has 0 aromatic heterocycles. The van der Waals surface area contributed by atoms with Gasteiger partial charge in [0.2, 0.25) is 0 Å². The number of aliphatic hydroxyl groups excluding tert-OH is 1. The van der Waals surface area contributed by atoms with E-state index in [0.717, 1.165) is 24.8 Å². The number of aliphatic hydroxyl groups is 1. The highest BCUT2D eigenvalue weighted by molar-refractivity contribution is 7.86. The second-order valence-electron chi connectivity index (χ2n) is 4.81. The molecule has 1 rings (SSSR count). The lowest BCUT2D eigenvalue weighted by atomic mass is 9.82. The van der Waals surface area contributed by atoms with Crippen LogP contribution < -0.4 is 0 Å². The third kappa shape index (κ3) is 3.88. The zero-order chi connectivity index (χ0) is 12.3. The summed E-state index contributed by atoms with van der Waals surface area (Å²) in [6.45, 7) is 4.35. The maximum atomic E-state index is 10.7. The van der Waals surface area contributed by atoms with Gasteiger partial charge in [0.25, 0.3) is 10.1 Å². The Bertz CT molecular complexity index is 356. The molecule has 0 fully saturated rings. The highest BCUT2D eigenvalue weighted by Gasteiger charge is 2.24. The highest BCUT2D eigenvalue weighted by atomic mass is 32.2. The number of allylic oxidation sites excluding steroid dienone is 1. The zero-order valence-electron chi connectivity index (χ0n) is 9.76. The monoisotopic (exact) mass is 248 g/mol. The third-order valence-corrected chi connectivity index (χ3v) is 4.12. The molecule has 2 N–H and O–H groups in total. The van der Waals surface area contributed by atoms with Crippen LogP contribution in [0.2, 0.25) is 0 Å². The van der Waals surface area contributed by atoms with E-state index in [1.807, 2.05) is 6.08 Å². The molecule has 0 aromatic rings. The van der Waals surface area contributed by atoms with E-state index in [0.29, 0.717) is 11.8 Å². The summed E-state index contributed by atoms with van der Waals surface area (Å²) in [6, 6.07) is 0. The van der Waals surface area contributed by atoms with Crippen LogP contribution in [0.3, 0.4) is 0 Å². The van der Waals surface area contributed by atoms with Gasteiger partial charge in [0.15, 0.2) is 5.44 Å². The molecule has 0 amide bonds. The van der Waals surface area contributed by atoms with Crippen LogP contribution in [0.25, 0.3) is 0 Å². The Balaban J connectivity index is 2.53. The van der Waals surface area contributed by atoms with Crippen LogP contribution in [0.5, 0.6) is 0 Å². The first-order valence-electron chi connectivity index (χ1n) is 5.63. The average Bonchev–Trinajstić information content (AvgIpc) is 2.17. The molecule has 0 spiro atoms. The van der Waals surface area contributed by atoms with Crippen LogP contribution in [0.4, 0.5) is 0 Å². The minimum atomic E-state index is -4.32. The summed E-state index contributed by atoms with van der Waals surface area (Å²) in [5.74, 6) is 1.27. The van der Waals surface area contributed by atoms with Crippen molar-refractivity contribution < 1.29 is 18.1 Å². The second kappa shape index (κ2) is 5.29. The van der Waals surface area contributed by atoms with Gasteiger partial charge in [-0.05, 0) is 31.1 Å². The summed E-state index contributed by atoms with van der Waals surface area (Å²) >= 11 is 0. The molecule has 0 radical (unpaired) electrons. The first-order valence-corrected chi connectivity index (χ1v) is 7.13. The van der Waals surface area contributed by atoms with E-state index in [-0.39, 0.29) is 6.42 Å². The molecule has 0 bridgehead atoms. The first-order chi connectivity index (χ1) is 7.30. The van der Waals surface area contributed by atoms with Gasteiger partial charge in [-0.1, -0.05) is 25.5 Å². The van der Waals surface area contributed by atoms with Crippen LogP contribution in [0.1, 0.15) is 39.5 Å². The lowest BCUT2D eigenvalue weighted by molar-refractivity contribution is 0.229. The Morgan fingerprint density at radius 1 is 1.50 bits per heavy atom. The van der Waals surface area contributed by atoms with Crippen molar-refractivity contribution in [3.8, 4) is 0 Å². The molecular formula is C11H20O4S. The smallest absolute Gasteiger partial charge is 0.292 e. The Morgan fingerprint density at radius 2 is 2.12 bits per heavy atom. The summed E-state index contributed by atoms with van der Waals surface area (Å²) in [7, 11) is -4.32. The molecule has 0 saturated carbocycles. The molecule has 2 unspecified atom stereocenters. The van der Waals surface area contributed by atoms with Crippen LogP contribution in [-0.4, -0.2) is 23.5 Å². The second-order valence-corrected chi connectivity index (χ2v) is 6.39. The summed E-state index contributed by atoms with van der Waals surface area (Å²) in [6.07, 6.45) is 4.81. The van der Waals surface area contributed by atoms with E-state index < -0.39 is 15.6 Å². The predicted molar refractivity (Wildman–Crippen MR) is 62.4 cm³/mol. The van der Waals surface area contributed by atoms with Crippen molar-refractivity contribution in [3.05, 3.63) is 11.6 Å². The summed E-state index contributed by atoms with van der Waals surface area (Å²) in [5.41, 5.74) is -0.739. The van der Waals surface area contributed by atoms with E-state index in [4.69, 9.17) is 4.55 Å². The fourth-order valence-electron chi connectivity index (χ4n) is 2.03. The average molecular weight is 248 g/mol. The van der Waals surface area contributed by atoms with Crippen molar-refractivity contribution in [2.24, 2.45) is 11.8 Å². The van der Waals surface area contributed by atoms with E-state index in [2.05, 4.69) is 13.8 Å². The van der Waals surface area contributed by atoms with Crippen molar-refractivity contribution in [1.29, 1.82) is 0 Å². The Labute approximate surface area is 97.1 Å². The summed E-state index contributed by atoms with van der Waals surface area (Å²) in [4.78, 5) is 0. The fraction of sp³-hybridized carbons (Fsp3) is 0.818. The minimum Gasteiger partial charge on any atom is -0.375 e. The molecule has 1 aliphatic carbocycles. The maximum Gasteiger partial charge on any atom is 0.292 e. The van der Waals surface area contributed by atoms with Gasteiger partial charge in [-0.25, -0.2) is 0 Å². The molecule has 0 saturated heterocycles. The van der Waals surface area contributed by atoms with Gasteiger partial charge in [0.1, 0.15) is 0 Å². The fourth-order valence-corrected chi connectivity index (χ4v) is 2.45. The van der Waals surface area contributed by atoms with Crippen molar-refractivity contribution in [2.75, 3.05) is 0 Å². The lowest BCUT2D eigenvalue weighted by Crippen LogP contribution is -2.21. The van der Waals surface area contributed by atoms with Gasteiger partial charge in [0.05, 0.1) is 0 Å². The molecule has 16 heavy (non-hydrogen) atoms. The van der Waals surface area contributed by atoms with E-state index in [9.17, 15) is 13.5 Å². The van der Waals surface area contributed by atoms with Crippen molar-refractivity contribution in [1.82, 2.24) is 0 Å². The molecule has 4 nitrogen and oxygen atoms in total. The predicted octanol–water partition coefficient (Wildman–Crippen LogP) is 1.97. The van der Waals surface area contributed by atoms with E-state index >= 15 is 0 Å². The van der Waals surface area contributed by atoms with Gasteiger partial charge < -0.3 is 5.11 Å². The highest BCUT2D eigenvalue weighted by Crippen LogP contribution is 2.31. The van der Waals surface area contributed by atoms with Crippen molar-refractivity contribution in [3.63, 3.8) is 0 Å². The Hall–Kier alpha value is -0.390. The van der Waals surface area contributed by atoms with E-state index in [1.54, 1.807) is 0 Å². The van der Waals surface area contributed by atoms with Gasteiger partial charge in [-0.15, -0.1) is 0 Å². The molecule has 2 atom stereocenters. The number of hydrogen-bond acceptors (Lipinski definition) is 3. The third-order valence-electron chi connectivity index (χ3n) is 3.27. The quantitative estimate of drug-likeness (QED) is 0.589. The zero-order valence-corrected chi connectivity index (χ0v) is 10.6. The van der Waals surface area contributed by atoms with Crippen molar-refractivity contribution >= 4 is 10.1 Å².